The fourth-order valence-electron chi connectivity index (χ4n) is 1.96. The van der Waals surface area contributed by atoms with Gasteiger partial charge < -0.3 is 0 Å². The fourth-order valence-corrected chi connectivity index (χ4v) is 1.96. The van der Waals surface area contributed by atoms with Crippen LogP contribution in [0.2, 0.25) is 0 Å². The molecule has 0 radical (unpaired) electrons. The molecule has 1 atom stereocenters. The Labute approximate surface area is 106 Å². The van der Waals surface area contributed by atoms with E-state index in [1.54, 1.807) is 32.9 Å². The summed E-state index contributed by atoms with van der Waals surface area (Å²) in [7, 11) is 0. The summed E-state index contributed by atoms with van der Waals surface area (Å²) < 4.78 is 0. The first-order valence-electron chi connectivity index (χ1n) is 5.63. The molecule has 18 heavy (non-hydrogen) atoms. The lowest BCUT2D eigenvalue weighted by atomic mass is 9.75. The van der Waals surface area contributed by atoms with E-state index in [2.05, 4.69) is 9.98 Å². The zero-order valence-electron chi connectivity index (χ0n) is 11.0. The fraction of sp³-hybridized carbons (Fsp3) is 0.429. The number of benzene rings is 1. The van der Waals surface area contributed by atoms with E-state index in [1.165, 1.54) is 0 Å². The minimum atomic E-state index is -0.947. The first-order chi connectivity index (χ1) is 8.39. The van der Waals surface area contributed by atoms with Gasteiger partial charge in [0.2, 0.25) is 12.2 Å². The first-order valence-corrected chi connectivity index (χ1v) is 5.63. The van der Waals surface area contributed by atoms with Crippen molar-refractivity contribution in [3.05, 3.63) is 35.4 Å². The van der Waals surface area contributed by atoms with Gasteiger partial charge in [0, 0.05) is 0 Å². The Hall–Kier alpha value is -2.02. The molecule has 0 N–H and O–H groups in total. The summed E-state index contributed by atoms with van der Waals surface area (Å²) in [5, 5.41) is 0. The van der Waals surface area contributed by atoms with E-state index < -0.39 is 11.1 Å². The summed E-state index contributed by atoms with van der Waals surface area (Å²) in [4.78, 5) is 29.0. The van der Waals surface area contributed by atoms with Gasteiger partial charge in [0.15, 0.2) is 0 Å². The van der Waals surface area contributed by atoms with Crippen LogP contribution in [-0.2, 0) is 15.1 Å². The Morgan fingerprint density at radius 1 is 1.00 bits per heavy atom. The molecule has 0 aliphatic heterocycles. The number of aryl methyl sites for hydroxylation is 1. The van der Waals surface area contributed by atoms with Gasteiger partial charge in [-0.05, 0) is 38.8 Å². The second kappa shape index (κ2) is 5.09. The quantitative estimate of drug-likeness (QED) is 0.604. The van der Waals surface area contributed by atoms with Crippen LogP contribution in [0.4, 0.5) is 0 Å². The summed E-state index contributed by atoms with van der Waals surface area (Å²) in [6.45, 7) is 7.17. The lowest BCUT2D eigenvalue weighted by Crippen LogP contribution is -2.42. The largest absolute Gasteiger partial charge is 0.235 e. The van der Waals surface area contributed by atoms with Gasteiger partial charge in [0.25, 0.3) is 0 Å². The van der Waals surface area contributed by atoms with Crippen molar-refractivity contribution in [2.24, 2.45) is 9.98 Å². The third-order valence-corrected chi connectivity index (χ3v) is 3.46. The van der Waals surface area contributed by atoms with E-state index in [0.29, 0.717) is 0 Å². The maximum absolute atomic E-state index is 10.7. The Bertz CT molecular complexity index is 538. The molecule has 0 saturated carbocycles. The molecule has 0 saturated heterocycles. The van der Waals surface area contributed by atoms with Gasteiger partial charge in [0.05, 0.1) is 5.54 Å². The smallest absolute Gasteiger partial charge is 0.211 e. The maximum atomic E-state index is 10.7. The zero-order chi connectivity index (χ0) is 13.8. The standard InChI is InChI=1S/C14H16N2O2/c1-11-7-5-6-8-12(11)14(4,16-10-18)13(2,3)15-9-17/h5-8H,1-4H3. The van der Waals surface area contributed by atoms with E-state index in [-0.39, 0.29) is 0 Å². The topological polar surface area (TPSA) is 58.9 Å². The van der Waals surface area contributed by atoms with Crippen LogP contribution in [-0.4, -0.2) is 17.7 Å². The summed E-state index contributed by atoms with van der Waals surface area (Å²) in [5.74, 6) is 0. The van der Waals surface area contributed by atoms with Crippen molar-refractivity contribution in [2.45, 2.75) is 38.8 Å². The molecule has 94 valence electrons. The van der Waals surface area contributed by atoms with Crippen LogP contribution in [0.25, 0.3) is 0 Å². The summed E-state index contributed by atoms with van der Waals surface area (Å²) in [5.41, 5.74) is 0.000925. The Kier molecular flexibility index (Phi) is 3.97. The van der Waals surface area contributed by atoms with Crippen LogP contribution in [0.3, 0.4) is 0 Å². The normalized spacial score (nSPS) is 14.0. The average molecular weight is 244 g/mol. The number of hydrogen-bond acceptors (Lipinski definition) is 4. The van der Waals surface area contributed by atoms with Gasteiger partial charge in [-0.25, -0.2) is 9.59 Å². The summed E-state index contributed by atoms with van der Waals surface area (Å²) in [6.07, 6.45) is 3.13. The van der Waals surface area contributed by atoms with Gasteiger partial charge in [0.1, 0.15) is 5.54 Å². The maximum Gasteiger partial charge on any atom is 0.235 e. The third-order valence-electron chi connectivity index (χ3n) is 3.46. The molecule has 1 aromatic rings. The van der Waals surface area contributed by atoms with Crippen molar-refractivity contribution in [3.63, 3.8) is 0 Å². The molecule has 1 unspecified atom stereocenters. The highest BCUT2D eigenvalue weighted by Crippen LogP contribution is 2.40. The van der Waals surface area contributed by atoms with Crippen molar-refractivity contribution in [1.29, 1.82) is 0 Å². The molecule has 0 heterocycles. The molecule has 0 amide bonds. The van der Waals surface area contributed by atoms with Gasteiger partial charge >= 0.3 is 0 Å². The van der Waals surface area contributed by atoms with E-state index in [0.717, 1.165) is 11.1 Å². The summed E-state index contributed by atoms with van der Waals surface area (Å²) in [6, 6.07) is 7.56. The number of nitrogens with zero attached hydrogens (tertiary/aromatic N) is 2. The Morgan fingerprint density at radius 3 is 2.06 bits per heavy atom. The van der Waals surface area contributed by atoms with Crippen LogP contribution in [0.1, 0.15) is 31.9 Å². The molecule has 1 rings (SSSR count). The molecular formula is C14H16N2O2. The van der Waals surface area contributed by atoms with Crippen molar-refractivity contribution < 1.29 is 9.59 Å². The van der Waals surface area contributed by atoms with Gasteiger partial charge in [-0.3, -0.25) is 0 Å². The molecule has 0 fully saturated rings. The highest BCUT2D eigenvalue weighted by molar-refractivity contribution is 5.44. The zero-order valence-corrected chi connectivity index (χ0v) is 11.0. The average Bonchev–Trinajstić information content (AvgIpc) is 2.29. The molecule has 0 spiro atoms. The second-order valence-electron chi connectivity index (χ2n) is 4.85. The van der Waals surface area contributed by atoms with Crippen LogP contribution in [0, 0.1) is 6.92 Å². The number of hydrogen-bond donors (Lipinski definition) is 0. The molecule has 4 nitrogen and oxygen atoms in total. The van der Waals surface area contributed by atoms with E-state index in [1.807, 2.05) is 31.2 Å². The van der Waals surface area contributed by atoms with Gasteiger partial charge in [-0.15, -0.1) is 0 Å². The van der Waals surface area contributed by atoms with E-state index in [4.69, 9.17) is 0 Å². The monoisotopic (exact) mass is 244 g/mol. The van der Waals surface area contributed by atoms with Crippen LogP contribution in [0.15, 0.2) is 34.3 Å². The number of aliphatic imine (C=N–C) groups is 2. The second-order valence-corrected chi connectivity index (χ2v) is 4.85. The SMILES string of the molecule is Cc1ccccc1C(C)(N=C=O)C(C)(C)N=C=O. The molecular weight excluding hydrogens is 228 g/mol. The minimum Gasteiger partial charge on any atom is -0.211 e. The van der Waals surface area contributed by atoms with Crippen LogP contribution >= 0.6 is 0 Å². The van der Waals surface area contributed by atoms with Crippen LogP contribution in [0.5, 0.6) is 0 Å². The molecule has 0 aliphatic rings. The predicted octanol–water partition coefficient (Wildman–Crippen LogP) is 2.66. The van der Waals surface area contributed by atoms with Crippen molar-refractivity contribution in [1.82, 2.24) is 0 Å². The van der Waals surface area contributed by atoms with E-state index in [9.17, 15) is 9.59 Å². The predicted molar refractivity (Wildman–Crippen MR) is 68.9 cm³/mol. The number of carbonyl (C=O) groups excluding carboxylic acids is 2. The van der Waals surface area contributed by atoms with Gasteiger partial charge in [-0.1, -0.05) is 24.3 Å². The van der Waals surface area contributed by atoms with Gasteiger partial charge in [-0.2, -0.15) is 9.98 Å². The van der Waals surface area contributed by atoms with Crippen molar-refractivity contribution in [3.8, 4) is 0 Å². The number of rotatable bonds is 4. The highest BCUT2D eigenvalue weighted by atomic mass is 16.1. The van der Waals surface area contributed by atoms with Crippen molar-refractivity contribution >= 4 is 12.2 Å². The lowest BCUT2D eigenvalue weighted by Gasteiger charge is -2.37. The first kappa shape index (κ1) is 14.0. The summed E-state index contributed by atoms with van der Waals surface area (Å²) >= 11 is 0. The number of isocyanates is 2. The minimum absolute atomic E-state index is 0.845. The molecule has 0 aromatic heterocycles. The molecule has 4 heteroatoms. The highest BCUT2D eigenvalue weighted by Gasteiger charge is 2.44. The van der Waals surface area contributed by atoms with Crippen LogP contribution < -0.4 is 0 Å². The lowest BCUT2D eigenvalue weighted by molar-refractivity contribution is 0.291. The van der Waals surface area contributed by atoms with Crippen molar-refractivity contribution in [2.75, 3.05) is 0 Å². The molecule has 0 bridgehead atoms. The van der Waals surface area contributed by atoms with E-state index >= 15 is 0 Å². The Morgan fingerprint density at radius 2 is 1.56 bits per heavy atom. The third kappa shape index (κ3) is 2.30. The Balaban J connectivity index is 3.56. The molecule has 1 aromatic carbocycles. The molecule has 0 aliphatic carbocycles.